The molecule has 0 unspecified atom stereocenters. The lowest BCUT2D eigenvalue weighted by molar-refractivity contribution is 0.576. The van der Waals surface area contributed by atoms with Gasteiger partial charge in [-0.05, 0) is 47.9 Å². The molecule has 0 fully saturated rings. The van der Waals surface area contributed by atoms with Gasteiger partial charge in [-0.3, -0.25) is 0 Å². The highest BCUT2D eigenvalue weighted by molar-refractivity contribution is 5.86. The predicted molar refractivity (Wildman–Crippen MR) is 102 cm³/mol. The number of nitrogens with zero attached hydrogens (tertiary/aromatic N) is 3. The van der Waals surface area contributed by atoms with E-state index in [1.807, 2.05) is 13.0 Å². The third kappa shape index (κ3) is 3.13. The zero-order valence-electron chi connectivity index (χ0n) is 14.6. The molecule has 0 saturated heterocycles. The van der Waals surface area contributed by atoms with E-state index < -0.39 is 0 Å². The van der Waals surface area contributed by atoms with Gasteiger partial charge in [0.25, 0.3) is 0 Å². The molecule has 4 heteroatoms. The molecule has 0 amide bonds. The van der Waals surface area contributed by atoms with Crippen molar-refractivity contribution >= 4 is 21.8 Å². The lowest BCUT2D eigenvalue weighted by Gasteiger charge is -2.16. The van der Waals surface area contributed by atoms with Gasteiger partial charge in [0, 0.05) is 12.6 Å². The number of nitrogens with one attached hydrogen (secondary N) is 1. The molecule has 1 atom stereocenters. The van der Waals surface area contributed by atoms with Gasteiger partial charge in [-0.15, -0.1) is 0 Å². The number of benzene rings is 3. The third-order valence-electron chi connectivity index (χ3n) is 4.67. The van der Waals surface area contributed by atoms with E-state index >= 15 is 0 Å². The monoisotopic (exact) mass is 330 g/mol. The maximum Gasteiger partial charge on any atom is 0.113 e. The van der Waals surface area contributed by atoms with Gasteiger partial charge < -0.3 is 5.32 Å². The molecule has 126 valence electrons. The van der Waals surface area contributed by atoms with Crippen molar-refractivity contribution in [3.63, 3.8) is 0 Å². The first-order valence-electron chi connectivity index (χ1n) is 8.79. The van der Waals surface area contributed by atoms with Crippen LogP contribution in [0.1, 0.15) is 31.0 Å². The predicted octanol–water partition coefficient (Wildman–Crippen LogP) is 4.46. The van der Waals surface area contributed by atoms with Crippen LogP contribution in [-0.4, -0.2) is 15.0 Å². The molecule has 4 rings (SSSR count). The van der Waals surface area contributed by atoms with Crippen LogP contribution < -0.4 is 5.32 Å². The minimum absolute atomic E-state index is 0.271. The number of fused-ring (bicyclic) bond motifs is 2. The number of aryl methyl sites for hydroxylation is 1. The Labute approximate surface area is 147 Å². The maximum atomic E-state index is 4.50. The Morgan fingerprint density at radius 2 is 1.76 bits per heavy atom. The van der Waals surface area contributed by atoms with Crippen LogP contribution in [0.3, 0.4) is 0 Å². The van der Waals surface area contributed by atoms with Gasteiger partial charge in [-0.2, -0.15) is 15.0 Å². The summed E-state index contributed by atoms with van der Waals surface area (Å²) in [5.41, 5.74) is 4.46. The first-order chi connectivity index (χ1) is 12.2. The Balaban J connectivity index is 1.54. The van der Waals surface area contributed by atoms with E-state index in [1.165, 1.54) is 21.9 Å². The highest BCUT2D eigenvalue weighted by Crippen LogP contribution is 2.24. The normalized spacial score (nSPS) is 12.7. The molecule has 0 radical (unpaired) electrons. The van der Waals surface area contributed by atoms with Crippen molar-refractivity contribution in [1.82, 2.24) is 20.3 Å². The second-order valence-corrected chi connectivity index (χ2v) is 6.38. The molecule has 4 aromatic rings. The second-order valence-electron chi connectivity index (χ2n) is 6.38. The fourth-order valence-electron chi connectivity index (χ4n) is 3.27. The Hall–Kier alpha value is -2.72. The summed E-state index contributed by atoms with van der Waals surface area (Å²) in [4.78, 5) is 1.74. The van der Waals surface area contributed by atoms with Crippen LogP contribution in [0.2, 0.25) is 0 Å². The molecular weight excluding hydrogens is 308 g/mol. The zero-order chi connectivity index (χ0) is 17.2. The molecule has 0 aliphatic rings. The van der Waals surface area contributed by atoms with Crippen LogP contribution in [-0.2, 0) is 13.1 Å². The molecule has 0 aliphatic carbocycles. The van der Waals surface area contributed by atoms with Crippen LogP contribution >= 0.6 is 0 Å². The minimum atomic E-state index is 0.271. The SMILES string of the molecule is CCn1nc2ccc(CN[C@H](C)c3cccc4ccccc34)cc2n1. The molecule has 25 heavy (non-hydrogen) atoms. The summed E-state index contributed by atoms with van der Waals surface area (Å²) in [6.45, 7) is 5.86. The molecule has 0 bridgehead atoms. The van der Waals surface area contributed by atoms with E-state index in [-0.39, 0.29) is 6.04 Å². The van der Waals surface area contributed by atoms with Gasteiger partial charge in [0.2, 0.25) is 0 Å². The fraction of sp³-hybridized carbons (Fsp3) is 0.238. The minimum Gasteiger partial charge on any atom is -0.306 e. The van der Waals surface area contributed by atoms with Crippen molar-refractivity contribution in [2.45, 2.75) is 33.0 Å². The Kier molecular flexibility index (Phi) is 4.20. The Morgan fingerprint density at radius 3 is 2.64 bits per heavy atom. The molecule has 1 N–H and O–H groups in total. The maximum absolute atomic E-state index is 4.50. The number of hydrogen-bond acceptors (Lipinski definition) is 3. The van der Waals surface area contributed by atoms with Crippen LogP contribution in [0.4, 0.5) is 0 Å². The summed E-state index contributed by atoms with van der Waals surface area (Å²) in [5, 5.41) is 15.2. The van der Waals surface area contributed by atoms with Crippen LogP contribution in [0.15, 0.2) is 60.7 Å². The molecule has 0 saturated carbocycles. The van der Waals surface area contributed by atoms with Crippen LogP contribution in [0.25, 0.3) is 21.8 Å². The topological polar surface area (TPSA) is 42.7 Å². The second kappa shape index (κ2) is 6.65. The van der Waals surface area contributed by atoms with Crippen LogP contribution in [0.5, 0.6) is 0 Å². The third-order valence-corrected chi connectivity index (χ3v) is 4.67. The van der Waals surface area contributed by atoms with Gasteiger partial charge in [0.1, 0.15) is 11.0 Å². The van der Waals surface area contributed by atoms with E-state index in [1.54, 1.807) is 4.80 Å². The van der Waals surface area contributed by atoms with E-state index in [2.05, 4.69) is 77.0 Å². The average Bonchev–Trinajstić information content (AvgIpc) is 3.08. The van der Waals surface area contributed by atoms with Crippen molar-refractivity contribution in [3.8, 4) is 0 Å². The fourth-order valence-corrected chi connectivity index (χ4v) is 3.27. The largest absolute Gasteiger partial charge is 0.306 e. The van der Waals surface area contributed by atoms with Crippen molar-refractivity contribution in [2.75, 3.05) is 0 Å². The van der Waals surface area contributed by atoms with Gasteiger partial charge in [-0.1, -0.05) is 48.5 Å². The van der Waals surface area contributed by atoms with Gasteiger partial charge >= 0.3 is 0 Å². The Bertz CT molecular complexity index is 1010. The lowest BCUT2D eigenvalue weighted by atomic mass is 9.99. The standard InChI is InChI=1S/C21H22N4/c1-3-25-23-20-12-11-16(13-21(20)24-25)14-22-15(2)18-10-6-8-17-7-4-5-9-19(17)18/h4-13,15,22H,3,14H2,1-2H3/t15-/m1/s1. The molecule has 1 aromatic heterocycles. The van der Waals surface area contributed by atoms with Gasteiger partial charge in [0.15, 0.2) is 0 Å². The van der Waals surface area contributed by atoms with Crippen molar-refractivity contribution in [3.05, 3.63) is 71.8 Å². The number of hydrogen-bond donors (Lipinski definition) is 1. The number of aromatic nitrogens is 3. The van der Waals surface area contributed by atoms with Gasteiger partial charge in [0.05, 0.1) is 6.54 Å². The zero-order valence-corrected chi connectivity index (χ0v) is 14.6. The average molecular weight is 330 g/mol. The summed E-state index contributed by atoms with van der Waals surface area (Å²) < 4.78 is 0. The molecule has 1 heterocycles. The van der Waals surface area contributed by atoms with Gasteiger partial charge in [-0.25, -0.2) is 0 Å². The highest BCUT2D eigenvalue weighted by atomic mass is 15.5. The molecule has 0 spiro atoms. The summed E-state index contributed by atoms with van der Waals surface area (Å²) in [6.07, 6.45) is 0. The van der Waals surface area contributed by atoms with Crippen molar-refractivity contribution in [2.24, 2.45) is 0 Å². The van der Waals surface area contributed by atoms with E-state index in [9.17, 15) is 0 Å². The lowest BCUT2D eigenvalue weighted by Crippen LogP contribution is -2.18. The summed E-state index contributed by atoms with van der Waals surface area (Å²) in [5.74, 6) is 0. The van der Waals surface area contributed by atoms with Crippen LogP contribution in [0, 0.1) is 0 Å². The smallest absolute Gasteiger partial charge is 0.113 e. The summed E-state index contributed by atoms with van der Waals surface area (Å²) in [7, 11) is 0. The molecule has 4 nitrogen and oxygen atoms in total. The van der Waals surface area contributed by atoms with E-state index in [4.69, 9.17) is 0 Å². The summed E-state index contributed by atoms with van der Waals surface area (Å²) >= 11 is 0. The molecule has 3 aromatic carbocycles. The first kappa shape index (κ1) is 15.8. The molecule has 0 aliphatic heterocycles. The number of rotatable bonds is 5. The van der Waals surface area contributed by atoms with E-state index in [0.717, 1.165) is 24.1 Å². The Morgan fingerprint density at radius 1 is 0.960 bits per heavy atom. The van der Waals surface area contributed by atoms with Crippen molar-refractivity contribution < 1.29 is 0 Å². The van der Waals surface area contributed by atoms with E-state index in [0.29, 0.717) is 0 Å². The quantitative estimate of drug-likeness (QED) is 0.588. The molecular formula is C21H22N4. The van der Waals surface area contributed by atoms with Crippen molar-refractivity contribution in [1.29, 1.82) is 0 Å². The highest BCUT2D eigenvalue weighted by Gasteiger charge is 2.09. The first-order valence-corrected chi connectivity index (χ1v) is 8.79. The summed E-state index contributed by atoms with van der Waals surface area (Å²) in [6, 6.07) is 21.6.